The molecule has 0 aliphatic rings. The van der Waals surface area contributed by atoms with Gasteiger partial charge in [0.2, 0.25) is 0 Å². The summed E-state index contributed by atoms with van der Waals surface area (Å²) in [6.07, 6.45) is 5.25. The van der Waals surface area contributed by atoms with Gasteiger partial charge in [0.05, 0.1) is 0 Å². The number of hydrogen-bond donors (Lipinski definition) is 1. The number of hydrogen-bond acceptors (Lipinski definition) is 2. The van der Waals surface area contributed by atoms with Crippen LogP contribution in [0.3, 0.4) is 0 Å². The van der Waals surface area contributed by atoms with Crippen LogP contribution in [0.15, 0.2) is 18.7 Å². The summed E-state index contributed by atoms with van der Waals surface area (Å²) < 4.78 is 1.89. The fourth-order valence-electron chi connectivity index (χ4n) is 1.54. The Morgan fingerprint density at radius 1 is 1.67 bits per heavy atom. The van der Waals surface area contributed by atoms with E-state index in [1.807, 2.05) is 17.8 Å². The lowest BCUT2D eigenvalue weighted by atomic mass is 10.1. The zero-order valence-corrected chi connectivity index (χ0v) is 9.95. The van der Waals surface area contributed by atoms with E-state index in [1.165, 1.54) is 5.69 Å². The molecule has 1 unspecified atom stereocenters. The van der Waals surface area contributed by atoms with Gasteiger partial charge in [-0.1, -0.05) is 13.0 Å². The van der Waals surface area contributed by atoms with Crippen molar-refractivity contribution in [2.75, 3.05) is 5.32 Å². The molecular formula is C12H21N3. The molecule has 0 radical (unpaired) electrons. The predicted octanol–water partition coefficient (Wildman–Crippen LogP) is 2.89. The van der Waals surface area contributed by atoms with E-state index >= 15 is 0 Å². The molecule has 1 atom stereocenters. The van der Waals surface area contributed by atoms with Gasteiger partial charge in [0, 0.05) is 24.8 Å². The Morgan fingerprint density at radius 2 is 2.40 bits per heavy atom. The first kappa shape index (κ1) is 11.8. The fraction of sp³-hybridized carbons (Fsp3) is 0.583. The molecule has 0 bridgehead atoms. The van der Waals surface area contributed by atoms with Gasteiger partial charge in [-0.05, 0) is 26.2 Å². The van der Waals surface area contributed by atoms with Crippen LogP contribution in [0.5, 0.6) is 0 Å². The number of allylic oxidation sites excluding steroid dienone is 1. The largest absolute Gasteiger partial charge is 0.366 e. The van der Waals surface area contributed by atoms with Gasteiger partial charge in [-0.25, -0.2) is 0 Å². The minimum Gasteiger partial charge on any atom is -0.366 e. The Balaban J connectivity index is 2.54. The highest BCUT2D eigenvalue weighted by Gasteiger charge is 2.07. The van der Waals surface area contributed by atoms with Crippen molar-refractivity contribution in [1.82, 2.24) is 9.78 Å². The summed E-state index contributed by atoms with van der Waals surface area (Å²) in [5.41, 5.74) is 1.18. The maximum atomic E-state index is 4.39. The molecule has 0 spiro atoms. The van der Waals surface area contributed by atoms with Crippen molar-refractivity contribution in [1.29, 1.82) is 0 Å². The molecule has 0 aliphatic heterocycles. The molecule has 0 amide bonds. The zero-order chi connectivity index (χ0) is 11.3. The van der Waals surface area contributed by atoms with Crippen LogP contribution in [0.25, 0.3) is 0 Å². The molecule has 84 valence electrons. The fourth-order valence-corrected chi connectivity index (χ4v) is 1.54. The highest BCUT2D eigenvalue weighted by Crippen LogP contribution is 2.12. The summed E-state index contributed by atoms with van der Waals surface area (Å²) >= 11 is 0. The van der Waals surface area contributed by atoms with Crippen LogP contribution in [-0.4, -0.2) is 15.8 Å². The molecule has 1 rings (SSSR count). The van der Waals surface area contributed by atoms with E-state index in [4.69, 9.17) is 0 Å². The number of aryl methyl sites for hydroxylation is 2. The van der Waals surface area contributed by atoms with E-state index in [0.717, 1.165) is 25.1 Å². The molecule has 0 aromatic carbocycles. The predicted molar refractivity (Wildman–Crippen MR) is 65.1 cm³/mol. The highest BCUT2D eigenvalue weighted by atomic mass is 15.3. The van der Waals surface area contributed by atoms with Crippen molar-refractivity contribution in [3.8, 4) is 0 Å². The van der Waals surface area contributed by atoms with E-state index in [0.29, 0.717) is 6.04 Å². The minimum absolute atomic E-state index is 0.498. The monoisotopic (exact) mass is 207 g/mol. The van der Waals surface area contributed by atoms with Gasteiger partial charge in [-0.15, -0.1) is 6.58 Å². The average Bonchev–Trinajstić information content (AvgIpc) is 2.53. The normalized spacial score (nSPS) is 12.5. The third kappa shape index (κ3) is 3.42. The first-order valence-corrected chi connectivity index (χ1v) is 5.55. The van der Waals surface area contributed by atoms with Crippen molar-refractivity contribution in [2.45, 2.75) is 39.2 Å². The quantitative estimate of drug-likeness (QED) is 0.727. The Kier molecular flexibility index (Phi) is 4.40. The number of anilines is 1. The van der Waals surface area contributed by atoms with E-state index in [1.54, 1.807) is 0 Å². The summed E-state index contributed by atoms with van der Waals surface area (Å²) in [7, 11) is 1.96. The van der Waals surface area contributed by atoms with Gasteiger partial charge in [0.15, 0.2) is 0 Å². The SMILES string of the molecule is C=CCCC(CC)Nc1cc(C)n(C)n1. The average molecular weight is 207 g/mol. The molecular weight excluding hydrogens is 186 g/mol. The highest BCUT2D eigenvalue weighted by molar-refractivity contribution is 5.36. The summed E-state index contributed by atoms with van der Waals surface area (Å²) in [5, 5.41) is 7.83. The number of aromatic nitrogens is 2. The van der Waals surface area contributed by atoms with Gasteiger partial charge in [-0.3, -0.25) is 4.68 Å². The molecule has 1 aromatic rings. The van der Waals surface area contributed by atoms with Crippen molar-refractivity contribution in [2.24, 2.45) is 7.05 Å². The van der Waals surface area contributed by atoms with Crippen LogP contribution in [0.1, 0.15) is 31.9 Å². The Hall–Kier alpha value is -1.25. The molecule has 0 saturated carbocycles. The lowest BCUT2D eigenvalue weighted by molar-refractivity contribution is 0.635. The molecule has 0 saturated heterocycles. The summed E-state index contributed by atoms with van der Waals surface area (Å²) in [6, 6.07) is 2.58. The number of nitrogens with one attached hydrogen (secondary N) is 1. The van der Waals surface area contributed by atoms with E-state index < -0.39 is 0 Å². The third-order valence-electron chi connectivity index (χ3n) is 2.68. The second-order valence-electron chi connectivity index (χ2n) is 3.91. The Morgan fingerprint density at radius 3 is 2.87 bits per heavy atom. The van der Waals surface area contributed by atoms with Crippen molar-refractivity contribution in [3.05, 3.63) is 24.4 Å². The molecule has 1 heterocycles. The lowest BCUT2D eigenvalue weighted by Crippen LogP contribution is -2.18. The molecule has 15 heavy (non-hydrogen) atoms. The van der Waals surface area contributed by atoms with Gasteiger partial charge >= 0.3 is 0 Å². The smallest absolute Gasteiger partial charge is 0.148 e. The van der Waals surface area contributed by atoms with Crippen molar-refractivity contribution >= 4 is 5.82 Å². The summed E-state index contributed by atoms with van der Waals surface area (Å²) in [4.78, 5) is 0. The summed E-state index contributed by atoms with van der Waals surface area (Å²) in [5.74, 6) is 0.978. The Labute approximate surface area is 92.2 Å². The van der Waals surface area contributed by atoms with E-state index in [-0.39, 0.29) is 0 Å². The minimum atomic E-state index is 0.498. The first-order chi connectivity index (χ1) is 7.17. The maximum Gasteiger partial charge on any atom is 0.148 e. The maximum absolute atomic E-state index is 4.39. The van der Waals surface area contributed by atoms with Crippen LogP contribution >= 0.6 is 0 Å². The van der Waals surface area contributed by atoms with Gasteiger partial charge < -0.3 is 5.32 Å². The molecule has 1 aromatic heterocycles. The Bertz CT molecular complexity index is 295. The van der Waals surface area contributed by atoms with E-state index in [2.05, 4.69) is 36.9 Å². The van der Waals surface area contributed by atoms with Crippen LogP contribution in [0.4, 0.5) is 5.82 Å². The molecule has 3 nitrogen and oxygen atoms in total. The van der Waals surface area contributed by atoms with Crippen LogP contribution < -0.4 is 5.32 Å². The van der Waals surface area contributed by atoms with Crippen LogP contribution in [0, 0.1) is 6.92 Å². The third-order valence-corrected chi connectivity index (χ3v) is 2.68. The topological polar surface area (TPSA) is 29.9 Å². The van der Waals surface area contributed by atoms with Gasteiger partial charge in [0.25, 0.3) is 0 Å². The van der Waals surface area contributed by atoms with Gasteiger partial charge in [0.1, 0.15) is 5.82 Å². The molecule has 0 fully saturated rings. The molecule has 3 heteroatoms. The number of nitrogens with zero attached hydrogens (tertiary/aromatic N) is 2. The van der Waals surface area contributed by atoms with Crippen LogP contribution in [-0.2, 0) is 7.05 Å². The zero-order valence-electron chi connectivity index (χ0n) is 9.95. The second kappa shape index (κ2) is 5.59. The molecule has 0 aliphatic carbocycles. The second-order valence-corrected chi connectivity index (χ2v) is 3.91. The van der Waals surface area contributed by atoms with Gasteiger partial charge in [-0.2, -0.15) is 5.10 Å². The number of rotatable bonds is 6. The lowest BCUT2D eigenvalue weighted by Gasteiger charge is -2.15. The van der Waals surface area contributed by atoms with Crippen molar-refractivity contribution in [3.63, 3.8) is 0 Å². The van der Waals surface area contributed by atoms with Crippen molar-refractivity contribution < 1.29 is 0 Å². The molecule has 1 N–H and O–H groups in total. The summed E-state index contributed by atoms with van der Waals surface area (Å²) in [6.45, 7) is 7.99. The van der Waals surface area contributed by atoms with Crippen LogP contribution in [0.2, 0.25) is 0 Å². The van der Waals surface area contributed by atoms with E-state index in [9.17, 15) is 0 Å². The standard InChI is InChI=1S/C12H21N3/c1-5-7-8-11(6-2)13-12-9-10(3)15(4)14-12/h5,9,11H,1,6-8H2,2-4H3,(H,13,14). The first-order valence-electron chi connectivity index (χ1n) is 5.55.